The summed E-state index contributed by atoms with van der Waals surface area (Å²) in [4.78, 5) is 9.24. The van der Waals surface area contributed by atoms with Crippen molar-refractivity contribution in [3.05, 3.63) is 42.5 Å². The Labute approximate surface area is 177 Å². The van der Waals surface area contributed by atoms with E-state index in [-0.39, 0.29) is 0 Å². The molecular weight excluding hydrogens is 356 g/mol. The fourth-order valence-corrected chi connectivity index (χ4v) is 4.60. The lowest BCUT2D eigenvalue weighted by Crippen LogP contribution is -2.15. The second-order valence-electron chi connectivity index (χ2n) is 8.74. The van der Waals surface area contributed by atoms with Crippen molar-refractivity contribution in [2.24, 2.45) is 11.8 Å². The summed E-state index contributed by atoms with van der Waals surface area (Å²) in [6.45, 7) is 2.29. The molecule has 0 amide bonds. The van der Waals surface area contributed by atoms with Gasteiger partial charge in [0.05, 0.1) is 7.11 Å². The summed E-state index contributed by atoms with van der Waals surface area (Å²) in [6.07, 6.45) is 20.4. The predicted molar refractivity (Wildman–Crippen MR) is 121 cm³/mol. The van der Waals surface area contributed by atoms with Gasteiger partial charge in [0, 0.05) is 24.4 Å². The molecule has 3 rings (SSSR count). The van der Waals surface area contributed by atoms with Gasteiger partial charge in [-0.2, -0.15) is 0 Å². The van der Waals surface area contributed by atoms with E-state index >= 15 is 0 Å². The molecule has 1 heterocycles. The van der Waals surface area contributed by atoms with Gasteiger partial charge in [0.15, 0.2) is 0 Å². The van der Waals surface area contributed by atoms with Crippen molar-refractivity contribution >= 4 is 0 Å². The number of rotatable bonds is 11. The monoisotopic (exact) mass is 394 g/mol. The van der Waals surface area contributed by atoms with E-state index in [2.05, 4.69) is 29.0 Å². The highest BCUT2D eigenvalue weighted by atomic mass is 16.5. The number of unbranched alkanes of at least 4 members (excludes halogenated alkanes) is 4. The van der Waals surface area contributed by atoms with Crippen molar-refractivity contribution in [1.82, 2.24) is 9.97 Å². The highest BCUT2D eigenvalue weighted by Gasteiger charge is 2.21. The second kappa shape index (κ2) is 11.9. The van der Waals surface area contributed by atoms with Crippen molar-refractivity contribution in [2.75, 3.05) is 7.11 Å². The zero-order valence-electron chi connectivity index (χ0n) is 18.4. The molecule has 29 heavy (non-hydrogen) atoms. The lowest BCUT2D eigenvalue weighted by atomic mass is 9.78. The van der Waals surface area contributed by atoms with E-state index in [1.807, 2.05) is 24.5 Å². The molecule has 0 bridgehead atoms. The quantitative estimate of drug-likeness (QED) is 0.376. The Morgan fingerprint density at radius 3 is 2.03 bits per heavy atom. The Hall–Kier alpha value is -1.90. The molecule has 1 aromatic carbocycles. The molecule has 3 nitrogen and oxygen atoms in total. The van der Waals surface area contributed by atoms with Crippen LogP contribution in [0.2, 0.25) is 0 Å². The van der Waals surface area contributed by atoms with E-state index in [0.29, 0.717) is 0 Å². The Morgan fingerprint density at radius 2 is 1.41 bits per heavy atom. The van der Waals surface area contributed by atoms with Crippen LogP contribution < -0.4 is 4.74 Å². The van der Waals surface area contributed by atoms with Gasteiger partial charge in [-0.1, -0.05) is 83.3 Å². The lowest BCUT2D eigenvalue weighted by Gasteiger charge is -2.28. The molecule has 158 valence electrons. The SMILES string of the molecule is CCCCCCCC1CCC(CCc2ncc(-c3ccc(OC)cc3)cn2)CC1. The van der Waals surface area contributed by atoms with Crippen molar-refractivity contribution in [1.29, 1.82) is 0 Å². The summed E-state index contributed by atoms with van der Waals surface area (Å²) in [5, 5.41) is 0. The van der Waals surface area contributed by atoms with Gasteiger partial charge < -0.3 is 4.74 Å². The number of hydrogen-bond donors (Lipinski definition) is 0. The first-order chi connectivity index (χ1) is 14.3. The van der Waals surface area contributed by atoms with Crippen LogP contribution in [0.4, 0.5) is 0 Å². The summed E-state index contributed by atoms with van der Waals surface area (Å²) < 4.78 is 5.22. The van der Waals surface area contributed by atoms with Gasteiger partial charge in [0.2, 0.25) is 0 Å². The Bertz CT molecular complexity index is 688. The van der Waals surface area contributed by atoms with Crippen LogP contribution in [0.3, 0.4) is 0 Å². The molecule has 3 heteroatoms. The van der Waals surface area contributed by atoms with E-state index < -0.39 is 0 Å². The van der Waals surface area contributed by atoms with Crippen molar-refractivity contribution in [3.8, 4) is 16.9 Å². The minimum absolute atomic E-state index is 0.871. The van der Waals surface area contributed by atoms with E-state index in [4.69, 9.17) is 4.74 Å². The first kappa shape index (κ1) is 21.8. The van der Waals surface area contributed by atoms with Gasteiger partial charge in [-0.3, -0.25) is 0 Å². The maximum atomic E-state index is 5.22. The lowest BCUT2D eigenvalue weighted by molar-refractivity contribution is 0.248. The van der Waals surface area contributed by atoms with Crippen molar-refractivity contribution in [3.63, 3.8) is 0 Å². The average Bonchev–Trinajstić information content (AvgIpc) is 2.79. The molecule has 0 spiro atoms. The highest BCUT2D eigenvalue weighted by molar-refractivity contribution is 5.62. The van der Waals surface area contributed by atoms with Crippen LogP contribution >= 0.6 is 0 Å². The number of aryl methyl sites for hydroxylation is 1. The normalized spacial score (nSPS) is 19.2. The summed E-state index contributed by atoms with van der Waals surface area (Å²) in [5.74, 6) is 3.72. The molecule has 0 N–H and O–H groups in total. The maximum absolute atomic E-state index is 5.22. The number of aromatic nitrogens is 2. The first-order valence-electron chi connectivity index (χ1n) is 11.7. The largest absolute Gasteiger partial charge is 0.497 e. The molecule has 1 saturated carbocycles. The van der Waals surface area contributed by atoms with Crippen LogP contribution in [-0.4, -0.2) is 17.1 Å². The smallest absolute Gasteiger partial charge is 0.128 e. The number of hydrogen-bond acceptors (Lipinski definition) is 3. The Morgan fingerprint density at radius 1 is 0.793 bits per heavy atom. The number of methoxy groups -OCH3 is 1. The zero-order chi connectivity index (χ0) is 20.3. The molecule has 0 radical (unpaired) electrons. The highest BCUT2D eigenvalue weighted by Crippen LogP contribution is 2.34. The van der Waals surface area contributed by atoms with E-state index in [0.717, 1.165) is 41.0 Å². The molecule has 0 saturated heterocycles. The molecule has 1 aromatic heterocycles. The topological polar surface area (TPSA) is 35.0 Å². The van der Waals surface area contributed by atoms with Gasteiger partial charge in [0.1, 0.15) is 11.6 Å². The molecule has 2 aromatic rings. The standard InChI is InChI=1S/C26H38N2O/c1-3-4-5-6-7-8-21-9-11-22(12-10-21)13-18-26-27-19-24(20-28-26)23-14-16-25(29-2)17-15-23/h14-17,19-22H,3-13,18H2,1-2H3. The van der Waals surface area contributed by atoms with Gasteiger partial charge in [-0.05, 0) is 36.0 Å². The Balaban J connectivity index is 1.36. The first-order valence-corrected chi connectivity index (χ1v) is 11.7. The van der Waals surface area contributed by atoms with Gasteiger partial charge in [0.25, 0.3) is 0 Å². The Kier molecular flexibility index (Phi) is 8.98. The van der Waals surface area contributed by atoms with Crippen molar-refractivity contribution in [2.45, 2.75) is 84.0 Å². The van der Waals surface area contributed by atoms with Crippen LogP contribution in [0.25, 0.3) is 11.1 Å². The number of nitrogens with zero attached hydrogens (tertiary/aromatic N) is 2. The fraction of sp³-hybridized carbons (Fsp3) is 0.615. The van der Waals surface area contributed by atoms with E-state index in [1.165, 1.54) is 70.6 Å². The van der Waals surface area contributed by atoms with Crippen LogP contribution in [0.1, 0.15) is 83.4 Å². The number of ether oxygens (including phenoxy) is 1. The molecule has 0 aliphatic heterocycles. The molecule has 0 unspecified atom stereocenters. The summed E-state index contributed by atoms with van der Waals surface area (Å²) in [5.41, 5.74) is 2.20. The predicted octanol–water partition coefficient (Wildman–Crippen LogP) is 7.25. The minimum atomic E-state index is 0.871. The number of benzene rings is 1. The summed E-state index contributed by atoms with van der Waals surface area (Å²) in [6, 6.07) is 8.06. The van der Waals surface area contributed by atoms with Gasteiger partial charge in [-0.25, -0.2) is 9.97 Å². The fourth-order valence-electron chi connectivity index (χ4n) is 4.60. The molecule has 1 aliphatic rings. The third-order valence-electron chi connectivity index (χ3n) is 6.59. The maximum Gasteiger partial charge on any atom is 0.128 e. The van der Waals surface area contributed by atoms with Crippen LogP contribution in [-0.2, 0) is 6.42 Å². The van der Waals surface area contributed by atoms with Crippen LogP contribution in [0, 0.1) is 11.8 Å². The summed E-state index contributed by atoms with van der Waals surface area (Å²) in [7, 11) is 1.69. The zero-order valence-corrected chi connectivity index (χ0v) is 18.4. The molecule has 1 aliphatic carbocycles. The van der Waals surface area contributed by atoms with Crippen LogP contribution in [0.15, 0.2) is 36.7 Å². The third-order valence-corrected chi connectivity index (χ3v) is 6.59. The molecule has 0 atom stereocenters. The third kappa shape index (κ3) is 7.13. The van der Waals surface area contributed by atoms with E-state index in [9.17, 15) is 0 Å². The van der Waals surface area contributed by atoms with E-state index in [1.54, 1.807) is 7.11 Å². The van der Waals surface area contributed by atoms with Gasteiger partial charge >= 0.3 is 0 Å². The second-order valence-corrected chi connectivity index (χ2v) is 8.74. The van der Waals surface area contributed by atoms with Gasteiger partial charge in [-0.15, -0.1) is 0 Å². The van der Waals surface area contributed by atoms with Crippen LogP contribution in [0.5, 0.6) is 5.75 Å². The minimum Gasteiger partial charge on any atom is -0.497 e. The molecular formula is C26H38N2O. The van der Waals surface area contributed by atoms with Crippen molar-refractivity contribution < 1.29 is 4.74 Å². The molecule has 1 fully saturated rings. The average molecular weight is 395 g/mol. The summed E-state index contributed by atoms with van der Waals surface area (Å²) >= 11 is 0.